The van der Waals surface area contributed by atoms with Gasteiger partial charge < -0.3 is 9.80 Å². The molecule has 2 atom stereocenters. The average Bonchev–Trinajstić information content (AvgIpc) is 2.77. The summed E-state index contributed by atoms with van der Waals surface area (Å²) >= 11 is 9.49. The molecule has 21 heavy (non-hydrogen) atoms. The second kappa shape index (κ2) is 7.23. The van der Waals surface area contributed by atoms with Crippen molar-refractivity contribution in [2.24, 2.45) is 5.92 Å². The molecule has 0 aliphatic carbocycles. The van der Waals surface area contributed by atoms with Gasteiger partial charge in [-0.1, -0.05) is 34.5 Å². The van der Waals surface area contributed by atoms with E-state index in [1.165, 1.54) is 0 Å². The smallest absolute Gasteiger partial charge is 0.165 e. The number of Topliss-reactive ketones (excluding diaryl/α,β-unsaturated/α-hetero) is 1. The number of ketones is 1. The van der Waals surface area contributed by atoms with E-state index < -0.39 is 0 Å². The van der Waals surface area contributed by atoms with Gasteiger partial charge in [-0.3, -0.25) is 4.79 Å². The van der Waals surface area contributed by atoms with E-state index in [9.17, 15) is 4.79 Å². The van der Waals surface area contributed by atoms with Crippen LogP contribution >= 0.6 is 27.5 Å². The molecule has 1 aromatic carbocycles. The van der Waals surface area contributed by atoms with Crippen LogP contribution < -0.4 is 0 Å². The second-order valence-corrected chi connectivity index (χ2v) is 7.39. The zero-order chi connectivity index (χ0) is 15.6. The number of hydrogen-bond acceptors (Lipinski definition) is 3. The third-order valence-corrected chi connectivity index (χ3v) is 5.00. The van der Waals surface area contributed by atoms with Crippen LogP contribution in [0.4, 0.5) is 0 Å². The summed E-state index contributed by atoms with van der Waals surface area (Å²) in [5.74, 6) is 0.764. The Labute approximate surface area is 140 Å². The van der Waals surface area contributed by atoms with Crippen LogP contribution in [0.3, 0.4) is 0 Å². The molecular formula is C16H22BrClN2O. The number of likely N-dealkylation sites (N-methyl/N-ethyl adjacent to an activating group) is 1. The first-order chi connectivity index (χ1) is 9.88. The number of benzene rings is 1. The van der Waals surface area contributed by atoms with Gasteiger partial charge in [0.1, 0.15) is 0 Å². The Hall–Kier alpha value is -0.420. The van der Waals surface area contributed by atoms with E-state index in [-0.39, 0.29) is 5.78 Å². The van der Waals surface area contributed by atoms with Crippen molar-refractivity contribution in [1.29, 1.82) is 0 Å². The third kappa shape index (κ3) is 4.28. The molecule has 1 saturated heterocycles. The van der Waals surface area contributed by atoms with Crippen molar-refractivity contribution in [3.63, 3.8) is 0 Å². The fraction of sp³-hybridized carbons (Fsp3) is 0.562. The average molecular weight is 374 g/mol. The number of carbonyl (C=O) groups excluding carboxylic acids is 1. The molecule has 2 rings (SSSR count). The monoisotopic (exact) mass is 372 g/mol. The van der Waals surface area contributed by atoms with Crippen LogP contribution in [0.25, 0.3) is 0 Å². The normalized spacial score (nSPS) is 23.0. The minimum absolute atomic E-state index is 0.119. The van der Waals surface area contributed by atoms with Crippen molar-refractivity contribution in [2.75, 3.05) is 33.7 Å². The highest BCUT2D eigenvalue weighted by Gasteiger charge is 2.30. The first-order valence-electron chi connectivity index (χ1n) is 7.25. The minimum Gasteiger partial charge on any atom is -0.305 e. The van der Waals surface area contributed by atoms with Crippen LogP contribution in [0, 0.1) is 5.92 Å². The van der Waals surface area contributed by atoms with Gasteiger partial charge in [0.25, 0.3) is 0 Å². The molecule has 3 nitrogen and oxygen atoms in total. The summed E-state index contributed by atoms with van der Waals surface area (Å²) in [5.41, 5.74) is 0.622. The Morgan fingerprint density at radius 1 is 1.43 bits per heavy atom. The minimum atomic E-state index is 0.119. The van der Waals surface area contributed by atoms with Gasteiger partial charge >= 0.3 is 0 Å². The molecule has 1 fully saturated rings. The number of likely N-dealkylation sites (tertiary alicyclic amines) is 1. The third-order valence-electron chi connectivity index (χ3n) is 4.20. The van der Waals surface area contributed by atoms with Crippen LogP contribution in [-0.2, 0) is 0 Å². The summed E-state index contributed by atoms with van der Waals surface area (Å²) in [6.45, 7) is 5.18. The number of halogens is 2. The van der Waals surface area contributed by atoms with Gasteiger partial charge in [0.2, 0.25) is 0 Å². The molecule has 1 aliphatic rings. The van der Waals surface area contributed by atoms with Crippen molar-refractivity contribution in [3.8, 4) is 0 Å². The fourth-order valence-corrected chi connectivity index (χ4v) is 3.79. The molecule has 0 radical (unpaired) electrons. The topological polar surface area (TPSA) is 23.6 Å². The predicted octanol–water partition coefficient (Wildman–Crippen LogP) is 3.56. The highest BCUT2D eigenvalue weighted by molar-refractivity contribution is 9.10. The maximum atomic E-state index is 12.3. The maximum Gasteiger partial charge on any atom is 0.165 e. The van der Waals surface area contributed by atoms with Gasteiger partial charge in [-0.25, -0.2) is 0 Å². The van der Waals surface area contributed by atoms with E-state index in [2.05, 4.69) is 46.7 Å². The summed E-state index contributed by atoms with van der Waals surface area (Å²) in [6, 6.07) is 6.01. The molecule has 116 valence electrons. The number of hydrogen-bond donors (Lipinski definition) is 0. The molecular weight excluding hydrogens is 352 g/mol. The summed E-state index contributed by atoms with van der Waals surface area (Å²) in [5, 5.41) is 0.523. The van der Waals surface area contributed by atoms with Crippen molar-refractivity contribution in [1.82, 2.24) is 9.80 Å². The molecule has 1 aliphatic heterocycles. The van der Waals surface area contributed by atoms with E-state index in [0.29, 0.717) is 29.0 Å². The summed E-state index contributed by atoms with van der Waals surface area (Å²) in [7, 11) is 4.24. The molecule has 2 unspecified atom stereocenters. The molecule has 1 aromatic rings. The number of rotatable bonds is 5. The highest BCUT2D eigenvalue weighted by Crippen LogP contribution is 2.24. The highest BCUT2D eigenvalue weighted by atomic mass is 79.9. The largest absolute Gasteiger partial charge is 0.305 e. The summed E-state index contributed by atoms with van der Waals surface area (Å²) in [6.07, 6.45) is 0.522. The van der Waals surface area contributed by atoms with E-state index in [1.54, 1.807) is 12.1 Å². The van der Waals surface area contributed by atoms with E-state index in [1.807, 2.05) is 6.07 Å². The van der Waals surface area contributed by atoms with Gasteiger partial charge in [-0.2, -0.15) is 0 Å². The van der Waals surface area contributed by atoms with E-state index >= 15 is 0 Å². The lowest BCUT2D eigenvalue weighted by Crippen LogP contribution is -2.34. The molecule has 0 N–H and O–H groups in total. The van der Waals surface area contributed by atoms with Gasteiger partial charge in [-0.05, 0) is 38.2 Å². The lowest BCUT2D eigenvalue weighted by molar-refractivity contribution is 0.0967. The zero-order valence-electron chi connectivity index (χ0n) is 12.8. The zero-order valence-corrected chi connectivity index (χ0v) is 15.1. The van der Waals surface area contributed by atoms with Crippen LogP contribution in [0.5, 0.6) is 0 Å². The van der Waals surface area contributed by atoms with Crippen molar-refractivity contribution >= 4 is 33.3 Å². The van der Waals surface area contributed by atoms with Crippen LogP contribution in [0.2, 0.25) is 5.02 Å². The Morgan fingerprint density at radius 3 is 2.71 bits per heavy atom. The molecule has 0 saturated carbocycles. The second-order valence-electron chi connectivity index (χ2n) is 6.07. The maximum absolute atomic E-state index is 12.3. The van der Waals surface area contributed by atoms with Gasteiger partial charge in [0.05, 0.1) is 5.02 Å². The van der Waals surface area contributed by atoms with Gasteiger partial charge in [-0.15, -0.1) is 0 Å². The first-order valence-corrected chi connectivity index (χ1v) is 8.42. The summed E-state index contributed by atoms with van der Waals surface area (Å²) < 4.78 is 0.895. The predicted molar refractivity (Wildman–Crippen MR) is 91.2 cm³/mol. The molecule has 0 aromatic heterocycles. The Morgan fingerprint density at radius 2 is 2.14 bits per heavy atom. The quantitative estimate of drug-likeness (QED) is 0.737. The van der Waals surface area contributed by atoms with Crippen molar-refractivity contribution in [2.45, 2.75) is 19.4 Å². The lowest BCUT2D eigenvalue weighted by Gasteiger charge is -2.22. The van der Waals surface area contributed by atoms with Gasteiger partial charge in [0, 0.05) is 42.1 Å². The number of carbonyl (C=O) groups is 1. The Kier molecular flexibility index (Phi) is 5.83. The van der Waals surface area contributed by atoms with Crippen molar-refractivity contribution in [3.05, 3.63) is 33.3 Å². The SMILES string of the molecule is CC1CN(CCC(=O)c2ccc(Br)cc2Cl)CC1N(C)C. The number of nitrogens with zero attached hydrogens (tertiary/aromatic N) is 2. The fourth-order valence-electron chi connectivity index (χ4n) is 3.01. The van der Waals surface area contributed by atoms with E-state index in [0.717, 1.165) is 24.1 Å². The molecule has 1 heterocycles. The molecule has 0 bridgehead atoms. The van der Waals surface area contributed by atoms with Crippen molar-refractivity contribution < 1.29 is 4.79 Å². The molecule has 5 heteroatoms. The molecule has 0 spiro atoms. The molecule has 0 amide bonds. The van der Waals surface area contributed by atoms with Crippen LogP contribution in [0.1, 0.15) is 23.7 Å². The van der Waals surface area contributed by atoms with Gasteiger partial charge in [0.15, 0.2) is 5.78 Å². The lowest BCUT2D eigenvalue weighted by atomic mass is 10.1. The Bertz CT molecular complexity index is 521. The first kappa shape index (κ1) is 16.9. The standard InChI is InChI=1S/C16H22BrClN2O/c1-11-9-20(10-15(11)19(2)3)7-6-16(21)13-5-4-12(17)8-14(13)18/h4-5,8,11,15H,6-7,9-10H2,1-3H3. The Balaban J connectivity index is 1.90. The van der Waals surface area contributed by atoms with Crippen LogP contribution in [0.15, 0.2) is 22.7 Å². The van der Waals surface area contributed by atoms with E-state index in [4.69, 9.17) is 11.6 Å². The summed E-state index contributed by atoms with van der Waals surface area (Å²) in [4.78, 5) is 16.9. The van der Waals surface area contributed by atoms with Crippen LogP contribution in [-0.4, -0.2) is 55.4 Å².